The van der Waals surface area contributed by atoms with E-state index in [1.807, 2.05) is 29.2 Å². The van der Waals surface area contributed by atoms with Crippen molar-refractivity contribution in [2.45, 2.75) is 32.4 Å². The number of rotatable bonds is 5. The monoisotopic (exact) mass is 389 g/mol. The summed E-state index contributed by atoms with van der Waals surface area (Å²) in [5, 5.41) is 3.83. The lowest BCUT2D eigenvalue weighted by Gasteiger charge is -2.31. The highest BCUT2D eigenvalue weighted by molar-refractivity contribution is 7.91. The summed E-state index contributed by atoms with van der Waals surface area (Å²) in [5.41, 5.74) is 3.15. The van der Waals surface area contributed by atoms with Gasteiger partial charge in [-0.25, -0.2) is 8.42 Å². The zero-order valence-corrected chi connectivity index (χ0v) is 16.4. The van der Waals surface area contributed by atoms with Crippen molar-refractivity contribution in [1.82, 2.24) is 9.88 Å². The van der Waals surface area contributed by atoms with Crippen LogP contribution in [0.15, 0.2) is 48.8 Å². The Morgan fingerprint density at radius 2 is 2.12 bits per heavy atom. The van der Waals surface area contributed by atoms with Crippen LogP contribution in [0.2, 0.25) is 0 Å². The number of aromatic nitrogens is 1. The van der Waals surface area contributed by atoms with Crippen LogP contribution in [0.25, 0.3) is 0 Å². The first kappa shape index (κ1) is 18.8. The van der Waals surface area contributed by atoms with Gasteiger partial charge in [0.2, 0.25) is 0 Å². The number of sulfone groups is 1. The molecule has 0 aliphatic carbocycles. The van der Waals surface area contributed by atoms with Crippen molar-refractivity contribution in [1.29, 1.82) is 0 Å². The lowest BCUT2D eigenvalue weighted by atomic mass is 10.1. The summed E-state index contributed by atoms with van der Waals surface area (Å²) in [5.74, 6) is 0.360. The molecule has 26 heavy (non-hydrogen) atoms. The maximum Gasteiger partial charge on any atom is 0.174 e. The number of hydrogen-bond acceptors (Lipinski definition) is 4. The molecule has 2 aromatic rings. The maximum absolute atomic E-state index is 12.0. The molecule has 2 heterocycles. The van der Waals surface area contributed by atoms with Crippen molar-refractivity contribution in [3.8, 4) is 0 Å². The Hall–Kier alpha value is -1.99. The van der Waals surface area contributed by atoms with Gasteiger partial charge in [-0.05, 0) is 54.4 Å². The van der Waals surface area contributed by atoms with Gasteiger partial charge >= 0.3 is 0 Å². The molecule has 0 amide bonds. The van der Waals surface area contributed by atoms with Crippen molar-refractivity contribution in [3.63, 3.8) is 0 Å². The number of thiocarbonyl (C=S) groups is 1. The van der Waals surface area contributed by atoms with E-state index in [0.717, 1.165) is 17.7 Å². The Kier molecular flexibility index (Phi) is 5.88. The zero-order valence-electron chi connectivity index (χ0n) is 14.8. The van der Waals surface area contributed by atoms with Crippen molar-refractivity contribution < 1.29 is 8.42 Å². The molecule has 0 bridgehead atoms. The van der Waals surface area contributed by atoms with E-state index >= 15 is 0 Å². The Morgan fingerprint density at radius 3 is 2.77 bits per heavy atom. The standard InChI is InChI=1S/C19H23N3O2S2/c1-2-15-5-3-7-17(11-15)21-19(25)22(13-16-6-4-9-20-12-16)18-8-10-26(23,24)14-18/h3-7,9,11-12,18H,2,8,10,13-14H2,1H3,(H,21,25)/t18-/m0/s1. The van der Waals surface area contributed by atoms with Gasteiger partial charge in [0.05, 0.1) is 11.5 Å². The molecule has 1 aliphatic rings. The zero-order chi connectivity index (χ0) is 18.6. The molecule has 7 heteroatoms. The fourth-order valence-corrected chi connectivity index (χ4v) is 5.20. The molecule has 0 unspecified atom stereocenters. The highest BCUT2D eigenvalue weighted by Crippen LogP contribution is 2.22. The van der Waals surface area contributed by atoms with Crippen LogP contribution in [0.3, 0.4) is 0 Å². The number of benzene rings is 1. The molecule has 1 N–H and O–H groups in total. The highest BCUT2D eigenvalue weighted by atomic mass is 32.2. The topological polar surface area (TPSA) is 62.3 Å². The average Bonchev–Trinajstić information content (AvgIpc) is 3.00. The Morgan fingerprint density at radius 1 is 1.31 bits per heavy atom. The number of pyridine rings is 1. The van der Waals surface area contributed by atoms with E-state index in [1.54, 1.807) is 12.4 Å². The molecule has 0 spiro atoms. The minimum atomic E-state index is -2.99. The van der Waals surface area contributed by atoms with Crippen LogP contribution in [-0.2, 0) is 22.8 Å². The fraction of sp³-hybridized carbons (Fsp3) is 0.368. The Labute approximate surface area is 160 Å². The first-order valence-corrected chi connectivity index (χ1v) is 11.0. The molecule has 1 saturated heterocycles. The lowest BCUT2D eigenvalue weighted by Crippen LogP contribution is -2.43. The largest absolute Gasteiger partial charge is 0.341 e. The smallest absolute Gasteiger partial charge is 0.174 e. The average molecular weight is 390 g/mol. The summed E-state index contributed by atoms with van der Waals surface area (Å²) in [7, 11) is -2.99. The van der Waals surface area contributed by atoms with Crippen LogP contribution in [0.1, 0.15) is 24.5 Å². The van der Waals surface area contributed by atoms with Gasteiger partial charge < -0.3 is 10.2 Å². The number of nitrogens with zero attached hydrogens (tertiary/aromatic N) is 2. The molecule has 138 valence electrons. The van der Waals surface area contributed by atoms with E-state index in [-0.39, 0.29) is 17.5 Å². The van der Waals surface area contributed by atoms with E-state index in [9.17, 15) is 8.42 Å². The first-order chi connectivity index (χ1) is 12.5. The molecule has 1 atom stereocenters. The van der Waals surface area contributed by atoms with Crippen LogP contribution in [0.4, 0.5) is 5.69 Å². The van der Waals surface area contributed by atoms with Crippen LogP contribution in [-0.4, -0.2) is 41.0 Å². The summed E-state index contributed by atoms with van der Waals surface area (Å²) in [6.07, 6.45) is 5.05. The third-order valence-corrected chi connectivity index (χ3v) is 6.66. The Bertz CT molecular complexity index is 869. The molecule has 1 aromatic heterocycles. The summed E-state index contributed by atoms with van der Waals surface area (Å²) in [6.45, 7) is 2.64. The minimum Gasteiger partial charge on any atom is -0.341 e. The van der Waals surface area contributed by atoms with Gasteiger partial charge in [-0.2, -0.15) is 0 Å². The highest BCUT2D eigenvalue weighted by Gasteiger charge is 2.33. The van der Waals surface area contributed by atoms with Crippen LogP contribution < -0.4 is 5.32 Å². The molecule has 0 saturated carbocycles. The van der Waals surface area contributed by atoms with E-state index < -0.39 is 9.84 Å². The van der Waals surface area contributed by atoms with Crippen molar-refractivity contribution in [3.05, 3.63) is 59.9 Å². The van der Waals surface area contributed by atoms with Gasteiger partial charge in [0.1, 0.15) is 0 Å². The second-order valence-electron chi connectivity index (χ2n) is 6.53. The molecule has 1 fully saturated rings. The number of anilines is 1. The van der Waals surface area contributed by atoms with Gasteiger partial charge in [0.25, 0.3) is 0 Å². The predicted molar refractivity (Wildman–Crippen MR) is 109 cm³/mol. The van der Waals surface area contributed by atoms with Gasteiger partial charge in [0, 0.05) is 30.7 Å². The molecular formula is C19H23N3O2S2. The third-order valence-electron chi connectivity index (χ3n) is 4.57. The Balaban J connectivity index is 1.80. The van der Waals surface area contributed by atoms with Gasteiger partial charge in [0.15, 0.2) is 14.9 Å². The first-order valence-electron chi connectivity index (χ1n) is 8.73. The van der Waals surface area contributed by atoms with Gasteiger partial charge in [-0.15, -0.1) is 0 Å². The SMILES string of the molecule is CCc1cccc(NC(=S)N(Cc2cccnc2)[C@H]2CCS(=O)(=O)C2)c1. The van der Waals surface area contributed by atoms with Crippen molar-refractivity contribution in [2.24, 2.45) is 0 Å². The minimum absolute atomic E-state index is 0.116. The number of nitrogens with one attached hydrogen (secondary N) is 1. The summed E-state index contributed by atoms with van der Waals surface area (Å²) >= 11 is 5.65. The second kappa shape index (κ2) is 8.14. The third kappa shape index (κ3) is 4.80. The maximum atomic E-state index is 12.0. The summed E-state index contributed by atoms with van der Waals surface area (Å²) < 4.78 is 23.9. The van der Waals surface area contributed by atoms with Gasteiger partial charge in [-0.3, -0.25) is 4.98 Å². The lowest BCUT2D eigenvalue weighted by molar-refractivity contribution is 0.332. The predicted octanol–water partition coefficient (Wildman–Crippen LogP) is 3.03. The van der Waals surface area contributed by atoms with Crippen molar-refractivity contribution >= 4 is 32.9 Å². The van der Waals surface area contributed by atoms with Crippen molar-refractivity contribution in [2.75, 3.05) is 16.8 Å². The van der Waals surface area contributed by atoms with Crippen LogP contribution in [0, 0.1) is 0 Å². The molecular weight excluding hydrogens is 366 g/mol. The van der Waals surface area contributed by atoms with E-state index in [0.29, 0.717) is 18.1 Å². The fourth-order valence-electron chi connectivity index (χ4n) is 3.14. The van der Waals surface area contributed by atoms with E-state index in [1.165, 1.54) is 5.56 Å². The van der Waals surface area contributed by atoms with E-state index in [2.05, 4.69) is 29.4 Å². The van der Waals surface area contributed by atoms with Gasteiger partial charge in [-0.1, -0.05) is 25.1 Å². The molecule has 0 radical (unpaired) electrons. The molecule has 1 aliphatic heterocycles. The van der Waals surface area contributed by atoms with Crippen LogP contribution in [0.5, 0.6) is 0 Å². The molecule has 5 nitrogen and oxygen atoms in total. The van der Waals surface area contributed by atoms with E-state index in [4.69, 9.17) is 12.2 Å². The molecule has 1 aromatic carbocycles. The summed E-state index contributed by atoms with van der Waals surface area (Å²) in [4.78, 5) is 6.13. The second-order valence-corrected chi connectivity index (χ2v) is 9.15. The normalized spacial score (nSPS) is 18.4. The molecule has 3 rings (SSSR count). The number of hydrogen-bond donors (Lipinski definition) is 1. The summed E-state index contributed by atoms with van der Waals surface area (Å²) in [6, 6.07) is 11.8. The van der Waals surface area contributed by atoms with Crippen LogP contribution >= 0.6 is 12.2 Å². The quantitative estimate of drug-likeness (QED) is 0.793. The number of aryl methyl sites for hydroxylation is 1.